The molecule has 254 valence electrons. The lowest BCUT2D eigenvalue weighted by atomic mass is 9.80. The van der Waals surface area contributed by atoms with Crippen molar-refractivity contribution in [1.29, 1.82) is 0 Å². The summed E-state index contributed by atoms with van der Waals surface area (Å²) in [5.74, 6) is -1.98. The van der Waals surface area contributed by atoms with E-state index in [1.165, 1.54) is 6.92 Å². The van der Waals surface area contributed by atoms with E-state index < -0.39 is 54.1 Å². The first kappa shape index (κ1) is 34.3. The van der Waals surface area contributed by atoms with E-state index in [2.05, 4.69) is 5.32 Å². The zero-order valence-electron chi connectivity index (χ0n) is 27.3. The Kier molecular flexibility index (Phi) is 10.8. The van der Waals surface area contributed by atoms with E-state index in [0.29, 0.717) is 0 Å². The minimum atomic E-state index is -1.66. The van der Waals surface area contributed by atoms with Gasteiger partial charge in [0, 0.05) is 6.92 Å². The van der Waals surface area contributed by atoms with E-state index >= 15 is 0 Å². The number of amides is 1. The number of hydrogen-bond donors (Lipinski definition) is 2. The molecule has 6 rings (SSSR count). The summed E-state index contributed by atoms with van der Waals surface area (Å²) in [4.78, 5) is 39.5. The van der Waals surface area contributed by atoms with Gasteiger partial charge in [-0.15, -0.1) is 0 Å². The zero-order chi connectivity index (χ0) is 34.9. The highest BCUT2D eigenvalue weighted by Gasteiger charge is 2.52. The predicted octanol–water partition coefficient (Wildman–Crippen LogP) is 5.67. The Morgan fingerprint density at radius 3 is 1.40 bits per heavy atom. The number of carbonyl (C=O) groups is 3. The summed E-state index contributed by atoms with van der Waals surface area (Å²) in [5, 5.41) is 14.0. The second kappa shape index (κ2) is 15.7. The Bertz CT molecular complexity index is 1760. The van der Waals surface area contributed by atoms with Crippen LogP contribution in [0.15, 0.2) is 152 Å². The first-order valence-corrected chi connectivity index (χ1v) is 16.3. The van der Waals surface area contributed by atoms with Crippen LogP contribution >= 0.6 is 0 Å². The van der Waals surface area contributed by atoms with Gasteiger partial charge < -0.3 is 29.4 Å². The highest BCUT2D eigenvalue weighted by atomic mass is 16.7. The minimum Gasteiger partial charge on any atom is -0.452 e. The van der Waals surface area contributed by atoms with Gasteiger partial charge in [0.25, 0.3) is 0 Å². The van der Waals surface area contributed by atoms with Crippen molar-refractivity contribution in [2.24, 2.45) is 0 Å². The molecule has 5 aromatic rings. The Morgan fingerprint density at radius 2 is 1.00 bits per heavy atom. The minimum absolute atomic E-state index is 0.229. The van der Waals surface area contributed by atoms with Crippen LogP contribution in [0.1, 0.15) is 44.3 Å². The molecule has 9 heteroatoms. The molecular formula is C41H37NO8. The van der Waals surface area contributed by atoms with E-state index in [1.54, 1.807) is 60.7 Å². The van der Waals surface area contributed by atoms with Crippen LogP contribution in [0.2, 0.25) is 0 Å². The van der Waals surface area contributed by atoms with Gasteiger partial charge in [-0.1, -0.05) is 127 Å². The second-order valence-corrected chi connectivity index (χ2v) is 11.9. The number of carbonyl (C=O) groups excluding carboxylic acids is 3. The second-order valence-electron chi connectivity index (χ2n) is 11.9. The molecule has 50 heavy (non-hydrogen) atoms. The Morgan fingerprint density at radius 1 is 0.620 bits per heavy atom. The van der Waals surface area contributed by atoms with Gasteiger partial charge in [-0.3, -0.25) is 4.79 Å². The fourth-order valence-electron chi connectivity index (χ4n) is 6.23. The predicted molar refractivity (Wildman–Crippen MR) is 185 cm³/mol. The monoisotopic (exact) mass is 671 g/mol. The van der Waals surface area contributed by atoms with Crippen molar-refractivity contribution in [3.05, 3.63) is 179 Å². The molecule has 5 atom stereocenters. The molecule has 0 bridgehead atoms. The van der Waals surface area contributed by atoms with Crippen LogP contribution in [0, 0.1) is 0 Å². The number of aliphatic hydroxyl groups excluding tert-OH is 1. The number of nitrogens with one attached hydrogen (secondary N) is 1. The normalized spacial score (nSPS) is 20.3. The van der Waals surface area contributed by atoms with Gasteiger partial charge in [0.1, 0.15) is 17.7 Å². The first-order valence-electron chi connectivity index (χ1n) is 16.3. The molecule has 0 unspecified atom stereocenters. The molecule has 1 amide bonds. The molecule has 1 heterocycles. The molecule has 0 spiro atoms. The summed E-state index contributed by atoms with van der Waals surface area (Å²) in [7, 11) is 0. The van der Waals surface area contributed by atoms with E-state index in [-0.39, 0.29) is 17.7 Å². The fourth-order valence-corrected chi connectivity index (χ4v) is 6.23. The summed E-state index contributed by atoms with van der Waals surface area (Å²) < 4.78 is 25.2. The smallest absolute Gasteiger partial charge is 0.338 e. The van der Waals surface area contributed by atoms with Crippen LogP contribution in [0.25, 0.3) is 0 Å². The summed E-state index contributed by atoms with van der Waals surface area (Å²) in [5.41, 5.74) is 1.73. The largest absolute Gasteiger partial charge is 0.452 e. The van der Waals surface area contributed by atoms with E-state index in [0.717, 1.165) is 16.7 Å². The van der Waals surface area contributed by atoms with E-state index in [9.17, 15) is 19.5 Å². The van der Waals surface area contributed by atoms with Gasteiger partial charge in [0.05, 0.1) is 17.7 Å². The SMILES string of the molecule is CC(=O)N[C@@H]1[C@@H](OC(=O)c2ccccc2)[C@H](OC(=O)c2ccccc2)[C@@H](COC(c2ccccc2)(c2ccccc2)c2ccccc2)O[C@@H]1O. The van der Waals surface area contributed by atoms with E-state index in [1.807, 2.05) is 91.0 Å². The molecule has 0 radical (unpaired) electrons. The molecule has 9 nitrogen and oxygen atoms in total. The highest BCUT2D eigenvalue weighted by molar-refractivity contribution is 5.90. The topological polar surface area (TPSA) is 120 Å². The molecule has 1 aliphatic heterocycles. The van der Waals surface area contributed by atoms with Crippen LogP contribution in [-0.2, 0) is 29.3 Å². The Labute approximate surface area is 290 Å². The number of rotatable bonds is 11. The maximum absolute atomic E-state index is 13.6. The summed E-state index contributed by atoms with van der Waals surface area (Å²) in [6.45, 7) is 1.02. The van der Waals surface area contributed by atoms with Crippen LogP contribution in [0.5, 0.6) is 0 Å². The average Bonchev–Trinajstić information content (AvgIpc) is 3.16. The van der Waals surface area contributed by atoms with Crippen molar-refractivity contribution in [3.63, 3.8) is 0 Å². The summed E-state index contributed by atoms with van der Waals surface area (Å²) in [6.07, 6.45) is -5.55. The molecular weight excluding hydrogens is 634 g/mol. The molecule has 5 aromatic carbocycles. The van der Waals surface area contributed by atoms with Crippen LogP contribution in [-0.4, -0.2) is 60.2 Å². The van der Waals surface area contributed by atoms with Crippen LogP contribution in [0.3, 0.4) is 0 Å². The molecule has 0 saturated carbocycles. The zero-order valence-corrected chi connectivity index (χ0v) is 27.3. The Balaban J connectivity index is 1.43. The summed E-state index contributed by atoms with van der Waals surface area (Å²) >= 11 is 0. The molecule has 0 aromatic heterocycles. The third-order valence-corrected chi connectivity index (χ3v) is 8.55. The maximum atomic E-state index is 13.6. The standard InChI is InChI=1S/C41H37NO8/c1-28(43)42-35-37(50-39(45)30-19-9-3-10-20-30)36(49-38(44)29-17-7-2-8-18-29)34(48-40(35)46)27-47-41(31-21-11-4-12-22-31,32-23-13-5-14-24-32)33-25-15-6-16-26-33/h2-26,34-37,40,46H,27H2,1H3,(H,42,43)/t34-,35-,36-,37-,40+/m1/s1. The lowest BCUT2D eigenvalue weighted by Gasteiger charge is -2.45. The fraction of sp³-hybridized carbons (Fsp3) is 0.195. The lowest BCUT2D eigenvalue weighted by Crippen LogP contribution is -2.66. The molecule has 1 fully saturated rings. The lowest BCUT2D eigenvalue weighted by molar-refractivity contribution is -0.260. The van der Waals surface area contributed by atoms with Crippen molar-refractivity contribution in [2.45, 2.75) is 43.2 Å². The van der Waals surface area contributed by atoms with Gasteiger partial charge in [0.15, 0.2) is 18.5 Å². The van der Waals surface area contributed by atoms with Crippen molar-refractivity contribution < 1.29 is 38.4 Å². The first-order chi connectivity index (χ1) is 24.4. The molecule has 2 N–H and O–H groups in total. The van der Waals surface area contributed by atoms with Crippen molar-refractivity contribution in [3.8, 4) is 0 Å². The van der Waals surface area contributed by atoms with Gasteiger partial charge in [-0.25, -0.2) is 9.59 Å². The average molecular weight is 672 g/mol. The molecule has 1 saturated heterocycles. The molecule has 0 aliphatic carbocycles. The summed E-state index contributed by atoms with van der Waals surface area (Å²) in [6, 6.07) is 44.3. The van der Waals surface area contributed by atoms with E-state index in [4.69, 9.17) is 18.9 Å². The number of ether oxygens (including phenoxy) is 4. The number of esters is 2. The van der Waals surface area contributed by atoms with Gasteiger partial charge in [-0.05, 0) is 41.0 Å². The Hall–Kier alpha value is -5.61. The van der Waals surface area contributed by atoms with Crippen LogP contribution in [0.4, 0.5) is 0 Å². The van der Waals surface area contributed by atoms with Crippen molar-refractivity contribution >= 4 is 17.8 Å². The van der Waals surface area contributed by atoms with Gasteiger partial charge in [-0.2, -0.15) is 0 Å². The van der Waals surface area contributed by atoms with Gasteiger partial charge in [0.2, 0.25) is 5.91 Å². The maximum Gasteiger partial charge on any atom is 0.338 e. The number of aliphatic hydroxyl groups is 1. The van der Waals surface area contributed by atoms with Gasteiger partial charge >= 0.3 is 11.9 Å². The van der Waals surface area contributed by atoms with Crippen molar-refractivity contribution in [1.82, 2.24) is 5.32 Å². The third kappa shape index (κ3) is 7.50. The quantitative estimate of drug-likeness (QED) is 0.136. The third-order valence-electron chi connectivity index (χ3n) is 8.55. The number of benzene rings is 5. The van der Waals surface area contributed by atoms with Crippen LogP contribution < -0.4 is 5.32 Å². The molecule has 1 aliphatic rings. The highest BCUT2D eigenvalue weighted by Crippen LogP contribution is 2.41. The van der Waals surface area contributed by atoms with Crippen molar-refractivity contribution in [2.75, 3.05) is 6.61 Å². The number of hydrogen-bond acceptors (Lipinski definition) is 8.